The second kappa shape index (κ2) is 6.88. The van der Waals surface area contributed by atoms with Gasteiger partial charge in [-0.25, -0.2) is 0 Å². The summed E-state index contributed by atoms with van der Waals surface area (Å²) in [6.07, 6.45) is 2.61. The maximum Gasteiger partial charge on any atom is 0.221 e. The van der Waals surface area contributed by atoms with E-state index in [1.807, 2.05) is 11.4 Å². The van der Waals surface area contributed by atoms with Crippen LogP contribution in [-0.2, 0) is 11.2 Å². The molecule has 0 fully saturated rings. The van der Waals surface area contributed by atoms with Gasteiger partial charge < -0.3 is 14.8 Å². The van der Waals surface area contributed by atoms with Crippen molar-refractivity contribution in [1.29, 1.82) is 0 Å². The van der Waals surface area contributed by atoms with Gasteiger partial charge in [0.2, 0.25) is 5.91 Å². The van der Waals surface area contributed by atoms with Gasteiger partial charge in [0.1, 0.15) is 11.8 Å². The van der Waals surface area contributed by atoms with E-state index in [1.165, 1.54) is 6.26 Å². The molecular weight excluding hydrogens is 330 g/mol. The van der Waals surface area contributed by atoms with Crippen LogP contribution in [0.15, 0.2) is 38.7 Å². The van der Waals surface area contributed by atoms with E-state index in [1.54, 1.807) is 23.5 Å². The third-order valence-corrected chi connectivity index (χ3v) is 4.38. The molecule has 2 aromatic rings. The van der Waals surface area contributed by atoms with E-state index >= 15 is 0 Å². The number of amides is 1. The zero-order chi connectivity index (χ0) is 13.7. The summed E-state index contributed by atoms with van der Waals surface area (Å²) < 4.78 is 6.21. The molecule has 0 aliphatic heterocycles. The van der Waals surface area contributed by atoms with Gasteiger partial charge in [-0.15, -0.1) is 11.3 Å². The Balaban J connectivity index is 1.83. The van der Waals surface area contributed by atoms with Crippen LogP contribution in [0, 0.1) is 0 Å². The van der Waals surface area contributed by atoms with Crippen molar-refractivity contribution in [2.24, 2.45) is 0 Å². The second-order valence-corrected chi connectivity index (χ2v) is 5.96. The fourth-order valence-corrected chi connectivity index (χ4v) is 3.14. The Labute approximate surface area is 123 Å². The van der Waals surface area contributed by atoms with Crippen LogP contribution in [0.3, 0.4) is 0 Å². The van der Waals surface area contributed by atoms with E-state index in [9.17, 15) is 9.90 Å². The van der Waals surface area contributed by atoms with Crippen molar-refractivity contribution >= 4 is 33.2 Å². The smallest absolute Gasteiger partial charge is 0.221 e. The van der Waals surface area contributed by atoms with Gasteiger partial charge in [-0.1, -0.05) is 0 Å². The van der Waals surface area contributed by atoms with Crippen molar-refractivity contribution in [3.63, 3.8) is 0 Å². The molecule has 0 radical (unpaired) electrons. The van der Waals surface area contributed by atoms with Crippen LogP contribution in [0.25, 0.3) is 0 Å². The van der Waals surface area contributed by atoms with Crippen molar-refractivity contribution in [3.8, 4) is 0 Å². The van der Waals surface area contributed by atoms with Gasteiger partial charge in [0, 0.05) is 21.2 Å². The minimum Gasteiger partial charge on any atom is -0.467 e. The first kappa shape index (κ1) is 14.3. The monoisotopic (exact) mass is 343 g/mol. The van der Waals surface area contributed by atoms with Gasteiger partial charge in [0.05, 0.1) is 12.9 Å². The number of furan rings is 1. The molecule has 2 heterocycles. The average Bonchev–Trinajstić information content (AvgIpc) is 3.05. The maximum atomic E-state index is 11.8. The Morgan fingerprint density at radius 2 is 2.42 bits per heavy atom. The molecule has 1 unspecified atom stereocenters. The van der Waals surface area contributed by atoms with Crippen molar-refractivity contribution in [1.82, 2.24) is 5.32 Å². The molecule has 4 nitrogen and oxygen atoms in total. The molecule has 0 aromatic carbocycles. The largest absolute Gasteiger partial charge is 0.467 e. The molecule has 0 bridgehead atoms. The van der Waals surface area contributed by atoms with E-state index in [0.717, 1.165) is 9.35 Å². The molecule has 0 aliphatic rings. The summed E-state index contributed by atoms with van der Waals surface area (Å²) in [6, 6.07) is 5.00. The van der Waals surface area contributed by atoms with Gasteiger partial charge >= 0.3 is 0 Å². The van der Waals surface area contributed by atoms with Gasteiger partial charge in [-0.2, -0.15) is 0 Å². The molecule has 19 heavy (non-hydrogen) atoms. The second-order valence-electron chi connectivity index (χ2n) is 4.05. The van der Waals surface area contributed by atoms with E-state index in [0.29, 0.717) is 18.6 Å². The highest BCUT2D eigenvalue weighted by molar-refractivity contribution is 9.10. The van der Waals surface area contributed by atoms with Crippen LogP contribution in [0.1, 0.15) is 23.1 Å². The number of aliphatic hydroxyl groups excluding tert-OH is 1. The number of hydrogen-bond acceptors (Lipinski definition) is 4. The fraction of sp³-hybridized carbons (Fsp3) is 0.308. The van der Waals surface area contributed by atoms with Crippen molar-refractivity contribution in [2.75, 3.05) is 6.61 Å². The highest BCUT2D eigenvalue weighted by Crippen LogP contribution is 2.21. The van der Waals surface area contributed by atoms with Crippen LogP contribution < -0.4 is 5.32 Å². The minimum absolute atomic E-state index is 0.0972. The highest BCUT2D eigenvalue weighted by atomic mass is 79.9. The number of carbonyl (C=O) groups is 1. The molecule has 1 atom stereocenters. The van der Waals surface area contributed by atoms with E-state index in [-0.39, 0.29) is 12.5 Å². The molecule has 2 N–H and O–H groups in total. The summed E-state index contributed by atoms with van der Waals surface area (Å²) in [7, 11) is 0. The Bertz CT molecular complexity index is 524. The van der Waals surface area contributed by atoms with Crippen LogP contribution in [-0.4, -0.2) is 17.6 Å². The molecular formula is C13H14BrNO3S. The molecule has 2 aromatic heterocycles. The normalized spacial score (nSPS) is 12.3. The number of carbonyl (C=O) groups excluding carboxylic acids is 1. The van der Waals surface area contributed by atoms with Crippen LogP contribution in [0.5, 0.6) is 0 Å². The summed E-state index contributed by atoms with van der Waals surface area (Å²) >= 11 is 5.00. The summed E-state index contributed by atoms with van der Waals surface area (Å²) in [5, 5.41) is 14.0. The quantitative estimate of drug-likeness (QED) is 0.847. The molecule has 0 aliphatic carbocycles. The first-order valence-electron chi connectivity index (χ1n) is 5.85. The topological polar surface area (TPSA) is 62.5 Å². The predicted octanol–water partition coefficient (Wildman–Crippen LogP) is 2.89. The van der Waals surface area contributed by atoms with E-state index in [4.69, 9.17) is 4.42 Å². The third-order valence-electron chi connectivity index (χ3n) is 2.62. The average molecular weight is 344 g/mol. The number of rotatable bonds is 6. The fourth-order valence-electron chi connectivity index (χ4n) is 1.68. The Kier molecular flexibility index (Phi) is 5.18. The molecule has 0 saturated heterocycles. The van der Waals surface area contributed by atoms with Crippen molar-refractivity contribution < 1.29 is 14.3 Å². The number of aryl methyl sites for hydroxylation is 1. The lowest BCUT2D eigenvalue weighted by atomic mass is 10.2. The van der Waals surface area contributed by atoms with E-state index < -0.39 is 6.04 Å². The lowest BCUT2D eigenvalue weighted by molar-refractivity contribution is -0.122. The lowest BCUT2D eigenvalue weighted by Gasteiger charge is -2.13. The summed E-state index contributed by atoms with van der Waals surface area (Å²) in [5.41, 5.74) is 0. The molecule has 102 valence electrons. The number of halogens is 1. The Hall–Kier alpha value is -1.11. The Morgan fingerprint density at radius 1 is 1.58 bits per heavy atom. The first-order chi connectivity index (χ1) is 9.19. The zero-order valence-corrected chi connectivity index (χ0v) is 12.5. The summed E-state index contributed by atoms with van der Waals surface area (Å²) in [6.45, 7) is -0.177. The number of thiophene rings is 1. The molecule has 0 saturated carbocycles. The molecule has 0 spiro atoms. The SMILES string of the molecule is O=C(CCc1cc(Br)cs1)NC(CO)c1ccco1. The summed E-state index contributed by atoms with van der Waals surface area (Å²) in [5.74, 6) is 0.467. The predicted molar refractivity (Wildman–Crippen MR) is 77.0 cm³/mol. The van der Waals surface area contributed by atoms with Crippen LogP contribution >= 0.6 is 27.3 Å². The lowest BCUT2D eigenvalue weighted by Crippen LogP contribution is -2.30. The van der Waals surface area contributed by atoms with Crippen LogP contribution in [0.2, 0.25) is 0 Å². The van der Waals surface area contributed by atoms with Crippen LogP contribution in [0.4, 0.5) is 0 Å². The first-order valence-corrected chi connectivity index (χ1v) is 7.53. The highest BCUT2D eigenvalue weighted by Gasteiger charge is 2.16. The van der Waals surface area contributed by atoms with Crippen molar-refractivity contribution in [2.45, 2.75) is 18.9 Å². The van der Waals surface area contributed by atoms with Gasteiger partial charge in [0.15, 0.2) is 0 Å². The van der Waals surface area contributed by atoms with Gasteiger partial charge in [-0.05, 0) is 40.5 Å². The molecule has 1 amide bonds. The number of aliphatic hydroxyl groups is 1. The standard InChI is InChI=1S/C13H14BrNO3S/c14-9-6-10(19-8-9)3-4-13(17)15-11(7-16)12-2-1-5-18-12/h1-2,5-6,8,11,16H,3-4,7H2,(H,15,17). The molecule has 2 rings (SSSR count). The van der Waals surface area contributed by atoms with Crippen molar-refractivity contribution in [3.05, 3.63) is 45.0 Å². The number of hydrogen-bond donors (Lipinski definition) is 2. The summed E-state index contributed by atoms with van der Waals surface area (Å²) in [4.78, 5) is 13.0. The number of nitrogens with one attached hydrogen (secondary N) is 1. The third kappa shape index (κ3) is 4.19. The molecule has 6 heteroatoms. The zero-order valence-electron chi connectivity index (χ0n) is 10.1. The minimum atomic E-state index is -0.474. The van der Waals surface area contributed by atoms with Gasteiger partial charge in [0.25, 0.3) is 0 Å². The Morgan fingerprint density at radius 3 is 3.00 bits per heavy atom. The van der Waals surface area contributed by atoms with E-state index in [2.05, 4.69) is 21.2 Å². The van der Waals surface area contributed by atoms with Gasteiger partial charge in [-0.3, -0.25) is 4.79 Å². The maximum absolute atomic E-state index is 11.8.